The van der Waals surface area contributed by atoms with Gasteiger partial charge in [0, 0.05) is 46.9 Å². The predicted octanol–water partition coefficient (Wildman–Crippen LogP) is 4.17. The van der Waals surface area contributed by atoms with Gasteiger partial charge in [0.05, 0.1) is 0 Å². The Hall–Kier alpha value is -0.380. The molecule has 1 saturated heterocycles. The molecule has 1 heterocycles. The van der Waals surface area contributed by atoms with Gasteiger partial charge in [-0.1, -0.05) is 17.7 Å². The molecule has 1 N–H and O–H groups in total. The minimum atomic E-state index is 0.112. The minimum absolute atomic E-state index is 0.112. The Balaban J connectivity index is 2.09. The maximum atomic E-state index is 6.45. The molecule has 1 atom stereocenters. The monoisotopic (exact) mass is 312 g/mol. The van der Waals surface area contributed by atoms with Gasteiger partial charge in [-0.2, -0.15) is 11.8 Å². The van der Waals surface area contributed by atoms with Crippen LogP contribution in [0.15, 0.2) is 18.2 Å². The van der Waals surface area contributed by atoms with Gasteiger partial charge in [0.25, 0.3) is 0 Å². The lowest BCUT2D eigenvalue weighted by Crippen LogP contribution is -2.40. The number of nitrogens with zero attached hydrogens (tertiary/aromatic N) is 1. The van der Waals surface area contributed by atoms with Crippen molar-refractivity contribution in [1.82, 2.24) is 5.32 Å². The molecule has 0 spiro atoms. The highest BCUT2D eigenvalue weighted by Gasteiger charge is 2.19. The van der Waals surface area contributed by atoms with E-state index in [0.29, 0.717) is 6.04 Å². The molecular formula is C16H25ClN2S. The highest BCUT2D eigenvalue weighted by atomic mass is 35.5. The Morgan fingerprint density at radius 2 is 2.15 bits per heavy atom. The van der Waals surface area contributed by atoms with Crippen molar-refractivity contribution in [3.63, 3.8) is 0 Å². The van der Waals surface area contributed by atoms with Gasteiger partial charge in [0.1, 0.15) is 0 Å². The van der Waals surface area contributed by atoms with Crippen LogP contribution in [0.2, 0.25) is 5.02 Å². The van der Waals surface area contributed by atoms with Crippen molar-refractivity contribution in [1.29, 1.82) is 0 Å². The fourth-order valence-corrected chi connectivity index (χ4v) is 3.58. The summed E-state index contributed by atoms with van der Waals surface area (Å²) < 4.78 is 0. The van der Waals surface area contributed by atoms with Crippen LogP contribution in [0.4, 0.5) is 5.69 Å². The highest BCUT2D eigenvalue weighted by molar-refractivity contribution is 7.99. The van der Waals surface area contributed by atoms with Crippen molar-refractivity contribution in [2.24, 2.45) is 0 Å². The summed E-state index contributed by atoms with van der Waals surface area (Å²) >= 11 is 8.49. The first-order valence-corrected chi connectivity index (χ1v) is 8.78. The third kappa shape index (κ3) is 4.31. The van der Waals surface area contributed by atoms with E-state index >= 15 is 0 Å². The molecule has 1 aromatic carbocycles. The van der Waals surface area contributed by atoms with Gasteiger partial charge in [-0.25, -0.2) is 0 Å². The van der Waals surface area contributed by atoms with Gasteiger partial charge < -0.3 is 10.2 Å². The largest absolute Gasteiger partial charge is 0.367 e. The van der Waals surface area contributed by atoms with Crippen LogP contribution in [0, 0.1) is 0 Å². The Kier molecular flexibility index (Phi) is 5.27. The normalized spacial score (nSPS) is 20.2. The molecule has 2 nitrogen and oxygen atoms in total. The van der Waals surface area contributed by atoms with Crippen LogP contribution in [0.25, 0.3) is 0 Å². The Morgan fingerprint density at radius 1 is 1.40 bits per heavy atom. The van der Waals surface area contributed by atoms with Crippen LogP contribution >= 0.6 is 23.4 Å². The van der Waals surface area contributed by atoms with Crippen LogP contribution in [-0.2, 0) is 6.54 Å². The van der Waals surface area contributed by atoms with Crippen molar-refractivity contribution in [3.05, 3.63) is 28.8 Å². The van der Waals surface area contributed by atoms with Crippen molar-refractivity contribution in [2.75, 3.05) is 23.0 Å². The van der Waals surface area contributed by atoms with E-state index in [4.69, 9.17) is 11.6 Å². The molecule has 1 fully saturated rings. The molecule has 2 rings (SSSR count). The summed E-state index contributed by atoms with van der Waals surface area (Å²) in [5.74, 6) is 2.40. The quantitative estimate of drug-likeness (QED) is 0.902. The van der Waals surface area contributed by atoms with E-state index in [1.807, 2.05) is 11.8 Å². The van der Waals surface area contributed by atoms with Crippen LogP contribution in [0.3, 0.4) is 0 Å². The van der Waals surface area contributed by atoms with E-state index < -0.39 is 0 Å². The number of hydrogen-bond donors (Lipinski definition) is 1. The SMILES string of the molecule is CC1CSCCN1c1ccc(CNC(C)(C)C)c(Cl)c1. The molecule has 0 bridgehead atoms. The summed E-state index contributed by atoms with van der Waals surface area (Å²) in [7, 11) is 0. The molecule has 0 aliphatic carbocycles. The molecule has 112 valence electrons. The molecule has 0 radical (unpaired) electrons. The second kappa shape index (κ2) is 6.59. The Bertz CT molecular complexity index is 456. The lowest BCUT2D eigenvalue weighted by Gasteiger charge is -2.35. The molecule has 1 aliphatic rings. The number of nitrogens with one attached hydrogen (secondary N) is 1. The molecule has 4 heteroatoms. The summed E-state index contributed by atoms with van der Waals surface area (Å²) in [6.07, 6.45) is 0. The third-order valence-electron chi connectivity index (χ3n) is 3.55. The smallest absolute Gasteiger partial charge is 0.0471 e. The van der Waals surface area contributed by atoms with Crippen molar-refractivity contribution >= 4 is 29.1 Å². The molecule has 20 heavy (non-hydrogen) atoms. The van der Waals surface area contributed by atoms with E-state index in [2.05, 4.69) is 56.1 Å². The van der Waals surface area contributed by atoms with Gasteiger partial charge in [-0.3, -0.25) is 0 Å². The zero-order valence-corrected chi connectivity index (χ0v) is 14.4. The van der Waals surface area contributed by atoms with E-state index in [-0.39, 0.29) is 5.54 Å². The van der Waals surface area contributed by atoms with Gasteiger partial charge in [-0.15, -0.1) is 0 Å². The van der Waals surface area contributed by atoms with Crippen molar-refractivity contribution in [2.45, 2.75) is 45.8 Å². The topological polar surface area (TPSA) is 15.3 Å². The van der Waals surface area contributed by atoms with E-state index in [1.54, 1.807) is 0 Å². The van der Waals surface area contributed by atoms with Crippen molar-refractivity contribution in [3.8, 4) is 0 Å². The number of thioether (sulfide) groups is 1. The first-order chi connectivity index (χ1) is 9.37. The van der Waals surface area contributed by atoms with Crippen LogP contribution in [-0.4, -0.2) is 29.6 Å². The second-order valence-electron chi connectivity index (χ2n) is 6.50. The van der Waals surface area contributed by atoms with Crippen LogP contribution < -0.4 is 10.2 Å². The number of halogens is 1. The molecule has 1 unspecified atom stereocenters. The minimum Gasteiger partial charge on any atom is -0.367 e. The maximum absolute atomic E-state index is 6.45. The molecule has 0 aromatic heterocycles. The highest BCUT2D eigenvalue weighted by Crippen LogP contribution is 2.28. The molecule has 0 saturated carbocycles. The number of hydrogen-bond acceptors (Lipinski definition) is 3. The average molecular weight is 313 g/mol. The summed E-state index contributed by atoms with van der Waals surface area (Å²) in [5, 5.41) is 4.35. The average Bonchev–Trinajstić information content (AvgIpc) is 2.37. The molecular weight excluding hydrogens is 288 g/mol. The summed E-state index contributed by atoms with van der Waals surface area (Å²) in [5.41, 5.74) is 2.53. The first kappa shape index (κ1) is 16.0. The molecule has 0 amide bonds. The van der Waals surface area contributed by atoms with Gasteiger partial charge in [0.2, 0.25) is 0 Å². The first-order valence-electron chi connectivity index (χ1n) is 7.25. The van der Waals surface area contributed by atoms with E-state index in [0.717, 1.165) is 18.1 Å². The summed E-state index contributed by atoms with van der Waals surface area (Å²) in [6.45, 7) is 10.7. The lowest BCUT2D eigenvalue weighted by molar-refractivity contribution is 0.424. The lowest BCUT2D eigenvalue weighted by atomic mass is 10.1. The fourth-order valence-electron chi connectivity index (χ4n) is 2.33. The molecule has 1 aromatic rings. The van der Waals surface area contributed by atoms with E-state index in [9.17, 15) is 0 Å². The third-order valence-corrected chi connectivity index (χ3v) is 5.09. The Morgan fingerprint density at radius 3 is 2.75 bits per heavy atom. The van der Waals surface area contributed by atoms with Crippen LogP contribution in [0.5, 0.6) is 0 Å². The number of rotatable bonds is 3. The number of benzene rings is 1. The Labute approximate surface area is 132 Å². The summed E-state index contributed by atoms with van der Waals surface area (Å²) in [4.78, 5) is 2.46. The van der Waals surface area contributed by atoms with Gasteiger partial charge >= 0.3 is 0 Å². The standard InChI is InChI=1S/C16H25ClN2S/c1-12-11-20-8-7-19(12)14-6-5-13(15(17)9-14)10-18-16(2,3)4/h5-6,9,12,18H,7-8,10-11H2,1-4H3. The van der Waals surface area contributed by atoms with Gasteiger partial charge in [0.15, 0.2) is 0 Å². The second-order valence-corrected chi connectivity index (χ2v) is 8.05. The van der Waals surface area contributed by atoms with Crippen molar-refractivity contribution < 1.29 is 0 Å². The predicted molar refractivity (Wildman–Crippen MR) is 92.2 cm³/mol. The summed E-state index contributed by atoms with van der Waals surface area (Å²) in [6, 6.07) is 7.07. The van der Waals surface area contributed by atoms with Crippen LogP contribution in [0.1, 0.15) is 33.3 Å². The zero-order chi connectivity index (χ0) is 14.8. The maximum Gasteiger partial charge on any atom is 0.0471 e. The fraction of sp³-hybridized carbons (Fsp3) is 0.625. The molecule has 1 aliphatic heterocycles. The zero-order valence-electron chi connectivity index (χ0n) is 12.9. The van der Waals surface area contributed by atoms with E-state index in [1.165, 1.54) is 22.8 Å². The van der Waals surface area contributed by atoms with Gasteiger partial charge in [-0.05, 0) is 45.4 Å². The number of anilines is 1.